The molecule has 0 spiro atoms. The maximum atomic E-state index is 9.65. The number of aromatic nitrogens is 2. The van der Waals surface area contributed by atoms with E-state index in [1.165, 1.54) is 6.42 Å². The van der Waals surface area contributed by atoms with Crippen LogP contribution >= 0.6 is 0 Å². The number of hydrogen-bond donors (Lipinski definition) is 3. The van der Waals surface area contributed by atoms with Crippen LogP contribution in [0.4, 0.5) is 11.6 Å². The Balaban J connectivity index is 1.97. The van der Waals surface area contributed by atoms with Crippen LogP contribution in [0.15, 0.2) is 0 Å². The van der Waals surface area contributed by atoms with Crippen molar-refractivity contribution in [2.75, 3.05) is 17.6 Å². The van der Waals surface area contributed by atoms with Crippen molar-refractivity contribution in [2.24, 2.45) is 5.92 Å². The summed E-state index contributed by atoms with van der Waals surface area (Å²) in [5.74, 6) is 2.56. The predicted molar refractivity (Wildman–Crippen MR) is 72.4 cm³/mol. The largest absolute Gasteiger partial charge is 0.393 e. The molecule has 1 aliphatic rings. The molecule has 1 aromatic heterocycles. The van der Waals surface area contributed by atoms with Crippen LogP contribution in [0.3, 0.4) is 0 Å². The Morgan fingerprint density at radius 2 is 2.11 bits per heavy atom. The molecule has 0 aromatic carbocycles. The van der Waals surface area contributed by atoms with Gasteiger partial charge in [0.05, 0.1) is 6.10 Å². The van der Waals surface area contributed by atoms with Crippen molar-refractivity contribution in [3.8, 4) is 0 Å². The van der Waals surface area contributed by atoms with Crippen molar-refractivity contribution >= 4 is 11.6 Å². The lowest BCUT2D eigenvalue weighted by Gasteiger charge is -2.26. The third-order valence-electron chi connectivity index (χ3n) is 3.61. The van der Waals surface area contributed by atoms with Crippen LogP contribution in [0.5, 0.6) is 0 Å². The molecule has 2 rings (SSSR count). The number of nitrogens with two attached hydrogens (primary N) is 1. The van der Waals surface area contributed by atoms with Crippen LogP contribution in [0.25, 0.3) is 0 Å². The van der Waals surface area contributed by atoms with Crippen LogP contribution in [0.1, 0.15) is 37.1 Å². The topological polar surface area (TPSA) is 84.1 Å². The summed E-state index contributed by atoms with van der Waals surface area (Å²) in [5, 5.41) is 13.0. The average molecular weight is 250 g/mol. The minimum atomic E-state index is -0.135. The number of rotatable bonds is 3. The summed E-state index contributed by atoms with van der Waals surface area (Å²) in [5.41, 5.74) is 6.72. The van der Waals surface area contributed by atoms with Crippen molar-refractivity contribution < 1.29 is 5.11 Å². The first kappa shape index (κ1) is 13.1. The third kappa shape index (κ3) is 3.10. The predicted octanol–water partition coefficient (Wildman–Crippen LogP) is 1.64. The van der Waals surface area contributed by atoms with E-state index >= 15 is 0 Å². The first-order valence-electron chi connectivity index (χ1n) is 6.59. The minimum Gasteiger partial charge on any atom is -0.393 e. The molecule has 100 valence electrons. The molecule has 2 unspecified atom stereocenters. The highest BCUT2D eigenvalue weighted by molar-refractivity contribution is 5.54. The van der Waals surface area contributed by atoms with Crippen molar-refractivity contribution in [1.82, 2.24) is 9.97 Å². The zero-order chi connectivity index (χ0) is 13.1. The number of anilines is 2. The van der Waals surface area contributed by atoms with Gasteiger partial charge in [-0.05, 0) is 39.0 Å². The van der Waals surface area contributed by atoms with Crippen molar-refractivity contribution in [1.29, 1.82) is 0 Å². The molecule has 4 N–H and O–H groups in total. The maximum Gasteiger partial charge on any atom is 0.134 e. The van der Waals surface area contributed by atoms with Gasteiger partial charge in [0.15, 0.2) is 0 Å². The lowest BCUT2D eigenvalue weighted by Crippen LogP contribution is -2.25. The highest BCUT2D eigenvalue weighted by Gasteiger charge is 2.20. The second-order valence-corrected chi connectivity index (χ2v) is 5.20. The van der Waals surface area contributed by atoms with Crippen molar-refractivity contribution in [3.05, 3.63) is 11.4 Å². The number of nitrogens with zero attached hydrogens (tertiary/aromatic N) is 2. The molecule has 1 saturated carbocycles. The first-order chi connectivity index (χ1) is 8.56. The summed E-state index contributed by atoms with van der Waals surface area (Å²) < 4.78 is 0. The fourth-order valence-electron chi connectivity index (χ4n) is 2.51. The Bertz CT molecular complexity index is 422. The Hall–Kier alpha value is -1.36. The number of hydrogen-bond acceptors (Lipinski definition) is 5. The van der Waals surface area contributed by atoms with Gasteiger partial charge in [-0.15, -0.1) is 0 Å². The van der Waals surface area contributed by atoms with Gasteiger partial charge in [0.25, 0.3) is 0 Å². The van der Waals surface area contributed by atoms with E-state index in [9.17, 15) is 5.11 Å². The van der Waals surface area contributed by atoms with Crippen LogP contribution in [-0.4, -0.2) is 27.7 Å². The maximum absolute atomic E-state index is 9.65. The summed E-state index contributed by atoms with van der Waals surface area (Å²) in [4.78, 5) is 8.50. The number of aryl methyl sites for hydroxylation is 1. The molecule has 18 heavy (non-hydrogen) atoms. The zero-order valence-corrected chi connectivity index (χ0v) is 11.1. The van der Waals surface area contributed by atoms with E-state index in [0.29, 0.717) is 17.6 Å². The first-order valence-corrected chi connectivity index (χ1v) is 6.59. The molecule has 5 nitrogen and oxygen atoms in total. The molecule has 0 amide bonds. The van der Waals surface area contributed by atoms with E-state index in [4.69, 9.17) is 5.73 Å². The molecular weight excluding hydrogens is 228 g/mol. The van der Waals surface area contributed by atoms with Gasteiger partial charge in [0.2, 0.25) is 0 Å². The normalized spacial score (nSPS) is 23.9. The van der Waals surface area contributed by atoms with E-state index in [-0.39, 0.29) is 6.10 Å². The zero-order valence-electron chi connectivity index (χ0n) is 11.1. The van der Waals surface area contributed by atoms with Crippen LogP contribution in [0.2, 0.25) is 0 Å². The molecule has 1 fully saturated rings. The van der Waals surface area contributed by atoms with Gasteiger partial charge in [0, 0.05) is 12.1 Å². The minimum absolute atomic E-state index is 0.135. The van der Waals surface area contributed by atoms with E-state index in [1.807, 2.05) is 13.8 Å². The summed E-state index contributed by atoms with van der Waals surface area (Å²) in [6, 6.07) is 0. The molecule has 0 bridgehead atoms. The van der Waals surface area contributed by atoms with Gasteiger partial charge >= 0.3 is 0 Å². The molecule has 1 heterocycles. The Morgan fingerprint density at radius 3 is 2.83 bits per heavy atom. The molecular formula is C13H22N4O. The Morgan fingerprint density at radius 1 is 1.33 bits per heavy atom. The third-order valence-corrected chi connectivity index (χ3v) is 3.61. The van der Waals surface area contributed by atoms with Crippen molar-refractivity contribution in [3.63, 3.8) is 0 Å². The summed E-state index contributed by atoms with van der Waals surface area (Å²) >= 11 is 0. The molecule has 1 aliphatic carbocycles. The fourth-order valence-corrected chi connectivity index (χ4v) is 2.51. The Labute approximate surface area is 108 Å². The number of nitrogen functional groups attached to an aromatic ring is 1. The molecule has 0 aliphatic heterocycles. The molecule has 5 heteroatoms. The highest BCUT2D eigenvalue weighted by Crippen LogP contribution is 2.25. The second kappa shape index (κ2) is 5.52. The number of aliphatic hydroxyl groups is 1. The quantitative estimate of drug-likeness (QED) is 0.759. The second-order valence-electron chi connectivity index (χ2n) is 5.20. The van der Waals surface area contributed by atoms with Gasteiger partial charge < -0.3 is 16.2 Å². The number of aliphatic hydroxyl groups excluding tert-OH is 1. The van der Waals surface area contributed by atoms with Gasteiger partial charge in [-0.1, -0.05) is 6.42 Å². The smallest absolute Gasteiger partial charge is 0.134 e. The summed E-state index contributed by atoms with van der Waals surface area (Å²) in [6.07, 6.45) is 3.96. The van der Waals surface area contributed by atoms with Gasteiger partial charge in [-0.3, -0.25) is 0 Å². The Kier molecular flexibility index (Phi) is 4.01. The number of nitrogens with one attached hydrogen (secondary N) is 1. The highest BCUT2D eigenvalue weighted by atomic mass is 16.3. The molecule has 0 saturated heterocycles. The van der Waals surface area contributed by atoms with E-state index in [2.05, 4.69) is 15.3 Å². The standard InChI is InChI=1S/C13H22N4O/c1-8-12(14)16-9(2)17-13(8)15-7-10-4-3-5-11(18)6-10/h10-11,18H,3-7H2,1-2H3,(H3,14,15,16,17). The average Bonchev–Trinajstić information content (AvgIpc) is 2.32. The van der Waals surface area contributed by atoms with Gasteiger partial charge in [-0.2, -0.15) is 0 Å². The van der Waals surface area contributed by atoms with Crippen LogP contribution in [0, 0.1) is 19.8 Å². The lowest BCUT2D eigenvalue weighted by atomic mass is 9.87. The van der Waals surface area contributed by atoms with Crippen molar-refractivity contribution in [2.45, 2.75) is 45.6 Å². The van der Waals surface area contributed by atoms with Gasteiger partial charge in [0.1, 0.15) is 17.5 Å². The van der Waals surface area contributed by atoms with E-state index in [1.54, 1.807) is 0 Å². The monoisotopic (exact) mass is 250 g/mol. The van der Waals surface area contributed by atoms with E-state index in [0.717, 1.165) is 37.2 Å². The molecule has 1 aromatic rings. The summed E-state index contributed by atoms with van der Waals surface area (Å²) in [6.45, 7) is 4.60. The van der Waals surface area contributed by atoms with Crippen LogP contribution in [-0.2, 0) is 0 Å². The lowest BCUT2D eigenvalue weighted by molar-refractivity contribution is 0.104. The van der Waals surface area contributed by atoms with Gasteiger partial charge in [-0.25, -0.2) is 9.97 Å². The van der Waals surface area contributed by atoms with E-state index < -0.39 is 0 Å². The summed E-state index contributed by atoms with van der Waals surface area (Å²) in [7, 11) is 0. The molecule has 0 radical (unpaired) electrons. The fraction of sp³-hybridized carbons (Fsp3) is 0.692. The SMILES string of the molecule is Cc1nc(N)c(C)c(NCC2CCCC(O)C2)n1. The van der Waals surface area contributed by atoms with Crippen LogP contribution < -0.4 is 11.1 Å². The molecule has 2 atom stereocenters.